The third kappa shape index (κ3) is 4.51. The summed E-state index contributed by atoms with van der Waals surface area (Å²) in [6, 6.07) is 31.8. The molecule has 7 aromatic rings. The van der Waals surface area contributed by atoms with Crippen LogP contribution in [0.5, 0.6) is 23.0 Å². The normalized spacial score (nSPS) is 16.0. The van der Waals surface area contributed by atoms with Crippen molar-refractivity contribution in [1.29, 1.82) is 0 Å². The molecule has 49 heavy (non-hydrogen) atoms. The van der Waals surface area contributed by atoms with Crippen LogP contribution < -0.4 is 4.74 Å². The van der Waals surface area contributed by atoms with Crippen LogP contribution in [0.15, 0.2) is 132 Å². The first-order chi connectivity index (χ1) is 24.0. The fourth-order valence-corrected chi connectivity index (χ4v) is 6.55. The van der Waals surface area contributed by atoms with Crippen molar-refractivity contribution in [2.24, 2.45) is 10.2 Å². The number of ether oxygens (including phenoxy) is 2. The molecule has 3 aromatic heterocycles. The SMILES string of the molecule is O=C1OC2(c3ccc(O)cc3Oc3cc(O)c(/N=N/c4ccc5nc(-c6ccccn6)n(Cc6ccccn6)c5c4)cc32)c2ccccc21. The molecule has 2 aliphatic heterocycles. The summed E-state index contributed by atoms with van der Waals surface area (Å²) in [7, 11) is 0. The second-order valence-corrected chi connectivity index (χ2v) is 11.7. The Hall–Kier alpha value is -6.88. The van der Waals surface area contributed by atoms with Gasteiger partial charge in [0.1, 0.15) is 34.4 Å². The summed E-state index contributed by atoms with van der Waals surface area (Å²) in [5.41, 5.74) is 4.39. The van der Waals surface area contributed by atoms with Crippen LogP contribution in [0.2, 0.25) is 0 Å². The van der Waals surface area contributed by atoms with Gasteiger partial charge >= 0.3 is 5.97 Å². The Kier molecular flexibility index (Phi) is 6.28. The number of esters is 1. The van der Waals surface area contributed by atoms with Crippen molar-refractivity contribution in [3.63, 3.8) is 0 Å². The summed E-state index contributed by atoms with van der Waals surface area (Å²) in [4.78, 5) is 27.1. The highest BCUT2D eigenvalue weighted by molar-refractivity contribution is 5.97. The molecule has 1 atom stereocenters. The number of pyridine rings is 2. The van der Waals surface area contributed by atoms with Crippen LogP contribution in [0.1, 0.15) is 32.7 Å². The largest absolute Gasteiger partial charge is 0.508 e. The zero-order valence-corrected chi connectivity index (χ0v) is 25.6. The lowest BCUT2D eigenvalue weighted by Gasteiger charge is -2.36. The molecule has 0 fully saturated rings. The van der Waals surface area contributed by atoms with E-state index in [4.69, 9.17) is 14.5 Å². The van der Waals surface area contributed by atoms with Gasteiger partial charge in [-0.15, -0.1) is 5.11 Å². The number of azo groups is 1. The molecule has 0 saturated carbocycles. The van der Waals surface area contributed by atoms with Crippen molar-refractivity contribution < 1.29 is 24.5 Å². The minimum absolute atomic E-state index is 0.0184. The summed E-state index contributed by atoms with van der Waals surface area (Å²) in [5, 5.41) is 30.3. The van der Waals surface area contributed by atoms with Gasteiger partial charge in [-0.25, -0.2) is 9.78 Å². The average molecular weight is 645 g/mol. The standard InChI is InChI=1S/C38H24N6O5/c45-24-12-13-27-34(18-24)48-35-20-33(46)31(19-28(35)38(27)26-9-2-1-8-25(26)37(47)49-38)43-42-22-11-14-29-32(17-22)44(21-23-7-3-5-15-39-23)36(41-29)30-10-4-6-16-40-30/h1-20,45-46H,21H2/b43-42+. The van der Waals surface area contributed by atoms with E-state index in [1.807, 2.05) is 65.2 Å². The Morgan fingerprint density at radius 1 is 0.755 bits per heavy atom. The summed E-state index contributed by atoms with van der Waals surface area (Å²) >= 11 is 0. The van der Waals surface area contributed by atoms with Crippen LogP contribution in [0, 0.1) is 0 Å². The van der Waals surface area contributed by atoms with E-state index >= 15 is 0 Å². The molecule has 9 rings (SSSR count). The van der Waals surface area contributed by atoms with Crippen molar-refractivity contribution in [2.45, 2.75) is 12.1 Å². The second-order valence-electron chi connectivity index (χ2n) is 11.7. The first-order valence-electron chi connectivity index (χ1n) is 15.4. The number of carbonyl (C=O) groups excluding carboxylic acids is 1. The Balaban J connectivity index is 1.15. The lowest BCUT2D eigenvalue weighted by Crippen LogP contribution is -2.32. The van der Waals surface area contributed by atoms with E-state index in [2.05, 4.69) is 20.2 Å². The van der Waals surface area contributed by atoms with Crippen molar-refractivity contribution >= 4 is 28.4 Å². The van der Waals surface area contributed by atoms with Gasteiger partial charge < -0.3 is 24.3 Å². The molecule has 2 aliphatic rings. The number of hydrogen-bond acceptors (Lipinski definition) is 10. The zero-order chi connectivity index (χ0) is 33.1. The molecule has 2 N–H and O–H groups in total. The Labute approximate surface area is 278 Å². The number of rotatable bonds is 5. The van der Waals surface area contributed by atoms with E-state index in [-0.39, 0.29) is 22.9 Å². The van der Waals surface area contributed by atoms with Crippen LogP contribution in [-0.2, 0) is 16.9 Å². The molecule has 5 heterocycles. The Bertz CT molecular complexity index is 2480. The number of benzene rings is 4. The second kappa shape index (κ2) is 10.8. The number of aromatic nitrogens is 4. The third-order valence-corrected chi connectivity index (χ3v) is 8.74. The molecule has 4 aromatic carbocycles. The van der Waals surface area contributed by atoms with Gasteiger partial charge in [-0.05, 0) is 66.7 Å². The first-order valence-corrected chi connectivity index (χ1v) is 15.4. The highest BCUT2D eigenvalue weighted by Crippen LogP contribution is 2.58. The van der Waals surface area contributed by atoms with Crippen molar-refractivity contribution in [3.05, 3.63) is 150 Å². The highest BCUT2D eigenvalue weighted by Gasteiger charge is 2.53. The van der Waals surface area contributed by atoms with Gasteiger partial charge in [-0.3, -0.25) is 9.97 Å². The number of nitrogens with zero attached hydrogens (tertiary/aromatic N) is 6. The lowest BCUT2D eigenvalue weighted by atomic mass is 9.77. The molecule has 0 saturated heterocycles. The quantitative estimate of drug-likeness (QED) is 0.142. The van der Waals surface area contributed by atoms with Gasteiger partial charge in [0.25, 0.3) is 0 Å². The van der Waals surface area contributed by atoms with Crippen LogP contribution in [0.25, 0.3) is 22.6 Å². The summed E-state index contributed by atoms with van der Waals surface area (Å²) in [6.07, 6.45) is 3.48. The third-order valence-electron chi connectivity index (χ3n) is 8.74. The molecule has 236 valence electrons. The fourth-order valence-electron chi connectivity index (χ4n) is 6.55. The van der Waals surface area contributed by atoms with E-state index in [0.29, 0.717) is 46.1 Å². The molecule has 0 bridgehead atoms. The first kappa shape index (κ1) is 28.4. The Morgan fingerprint density at radius 3 is 2.41 bits per heavy atom. The number of phenolic OH excluding ortho intramolecular Hbond substituents is 2. The molecule has 0 amide bonds. The number of hydrogen-bond donors (Lipinski definition) is 2. The van der Waals surface area contributed by atoms with Gasteiger partial charge in [-0.2, -0.15) is 5.11 Å². The smallest absolute Gasteiger partial charge is 0.340 e. The minimum atomic E-state index is -1.40. The van der Waals surface area contributed by atoms with Crippen LogP contribution >= 0.6 is 0 Å². The van der Waals surface area contributed by atoms with E-state index in [9.17, 15) is 15.0 Å². The van der Waals surface area contributed by atoms with Crippen molar-refractivity contribution in [1.82, 2.24) is 19.5 Å². The van der Waals surface area contributed by atoms with E-state index < -0.39 is 11.6 Å². The maximum Gasteiger partial charge on any atom is 0.340 e. The maximum absolute atomic E-state index is 13.2. The number of aromatic hydroxyl groups is 2. The predicted molar refractivity (Wildman–Crippen MR) is 179 cm³/mol. The lowest BCUT2D eigenvalue weighted by molar-refractivity contribution is 0.0224. The summed E-state index contributed by atoms with van der Waals surface area (Å²) in [5.74, 6) is 0.521. The van der Waals surface area contributed by atoms with Gasteiger partial charge in [0.05, 0.1) is 40.1 Å². The number of phenols is 2. The Morgan fingerprint density at radius 2 is 1.57 bits per heavy atom. The van der Waals surface area contributed by atoms with Crippen LogP contribution in [-0.4, -0.2) is 35.7 Å². The topological polar surface area (TPSA) is 144 Å². The van der Waals surface area contributed by atoms with Crippen LogP contribution in [0.3, 0.4) is 0 Å². The molecular weight excluding hydrogens is 620 g/mol. The number of carbonyl (C=O) groups is 1. The molecule has 0 radical (unpaired) electrons. The molecule has 1 unspecified atom stereocenters. The monoisotopic (exact) mass is 644 g/mol. The predicted octanol–water partition coefficient (Wildman–Crippen LogP) is 7.94. The van der Waals surface area contributed by atoms with E-state index in [1.165, 1.54) is 18.2 Å². The average Bonchev–Trinajstić information content (AvgIpc) is 3.63. The highest BCUT2D eigenvalue weighted by atomic mass is 16.6. The van der Waals surface area contributed by atoms with Crippen molar-refractivity contribution in [2.75, 3.05) is 0 Å². The summed E-state index contributed by atoms with van der Waals surface area (Å²) in [6.45, 7) is 0.455. The molecule has 11 nitrogen and oxygen atoms in total. The molecule has 1 spiro atoms. The number of fused-ring (bicyclic) bond motifs is 7. The molecule has 11 heteroatoms. The summed E-state index contributed by atoms with van der Waals surface area (Å²) < 4.78 is 14.4. The van der Waals surface area contributed by atoms with E-state index in [1.54, 1.807) is 42.7 Å². The fraction of sp³-hybridized carbons (Fsp3) is 0.0526. The van der Waals surface area contributed by atoms with Gasteiger partial charge in [-0.1, -0.05) is 30.3 Å². The van der Waals surface area contributed by atoms with Gasteiger partial charge in [0.2, 0.25) is 0 Å². The number of imidazole rings is 1. The molecular formula is C38H24N6O5. The van der Waals surface area contributed by atoms with Crippen molar-refractivity contribution in [3.8, 4) is 34.5 Å². The van der Waals surface area contributed by atoms with Gasteiger partial charge in [0, 0.05) is 35.7 Å². The van der Waals surface area contributed by atoms with Gasteiger partial charge in [0.15, 0.2) is 11.4 Å². The van der Waals surface area contributed by atoms with Crippen LogP contribution in [0.4, 0.5) is 11.4 Å². The molecule has 0 aliphatic carbocycles. The minimum Gasteiger partial charge on any atom is -0.508 e. The zero-order valence-electron chi connectivity index (χ0n) is 25.6. The van der Waals surface area contributed by atoms with E-state index in [0.717, 1.165) is 22.4 Å². The maximum atomic E-state index is 13.2.